The molecular formula is C7H10N2O2. The van der Waals surface area contributed by atoms with Crippen molar-refractivity contribution >= 4 is 6.09 Å². The van der Waals surface area contributed by atoms with Gasteiger partial charge in [0, 0.05) is 25.3 Å². The largest absolute Gasteiger partial charge is 0.445 e. The van der Waals surface area contributed by atoms with Crippen LogP contribution in [0, 0.1) is 0 Å². The van der Waals surface area contributed by atoms with Crippen molar-refractivity contribution in [2.24, 2.45) is 0 Å². The first-order valence-electron chi connectivity index (χ1n) is 3.72. The summed E-state index contributed by atoms with van der Waals surface area (Å²) in [7, 11) is 0. The van der Waals surface area contributed by atoms with E-state index in [2.05, 4.69) is 5.32 Å². The zero-order valence-electron chi connectivity index (χ0n) is 6.17. The highest BCUT2D eigenvalue weighted by molar-refractivity contribution is 5.71. The number of hydrogen-bond donors (Lipinski definition) is 1. The van der Waals surface area contributed by atoms with E-state index in [1.807, 2.05) is 6.08 Å². The molecule has 2 rings (SSSR count). The van der Waals surface area contributed by atoms with Crippen LogP contribution in [0.4, 0.5) is 4.79 Å². The van der Waals surface area contributed by atoms with E-state index in [4.69, 9.17) is 4.74 Å². The van der Waals surface area contributed by atoms with E-state index in [0.717, 1.165) is 25.3 Å². The van der Waals surface area contributed by atoms with Crippen LogP contribution in [0.15, 0.2) is 11.8 Å². The lowest BCUT2D eigenvalue weighted by molar-refractivity contribution is 0.109. The van der Waals surface area contributed by atoms with Gasteiger partial charge in [0.05, 0.1) is 0 Å². The van der Waals surface area contributed by atoms with Crippen molar-refractivity contribution in [1.82, 2.24) is 10.2 Å². The van der Waals surface area contributed by atoms with Crippen LogP contribution in [0.5, 0.6) is 0 Å². The van der Waals surface area contributed by atoms with Gasteiger partial charge in [0.15, 0.2) is 0 Å². The van der Waals surface area contributed by atoms with Crippen molar-refractivity contribution in [1.29, 1.82) is 0 Å². The second-order valence-corrected chi connectivity index (χ2v) is 2.60. The summed E-state index contributed by atoms with van der Waals surface area (Å²) < 4.78 is 4.83. The molecular weight excluding hydrogens is 144 g/mol. The summed E-state index contributed by atoms with van der Waals surface area (Å²) in [4.78, 5) is 12.7. The number of cyclic esters (lactones) is 1. The third-order valence-corrected chi connectivity index (χ3v) is 1.91. The van der Waals surface area contributed by atoms with Crippen molar-refractivity contribution in [2.45, 2.75) is 0 Å². The molecule has 60 valence electrons. The van der Waals surface area contributed by atoms with Gasteiger partial charge in [0.1, 0.15) is 6.61 Å². The molecule has 1 amide bonds. The number of nitrogens with one attached hydrogen (secondary N) is 1. The van der Waals surface area contributed by atoms with Crippen LogP contribution < -0.4 is 5.32 Å². The lowest BCUT2D eigenvalue weighted by Gasteiger charge is -2.32. The number of fused-ring (bicyclic) bond motifs is 1. The maximum Gasteiger partial charge on any atom is 0.414 e. The van der Waals surface area contributed by atoms with E-state index >= 15 is 0 Å². The number of hydrogen-bond acceptors (Lipinski definition) is 3. The monoisotopic (exact) mass is 154 g/mol. The molecule has 1 N–H and O–H groups in total. The SMILES string of the molecule is O=C1OCC=C2CNCCN12. The minimum absolute atomic E-state index is 0.205. The van der Waals surface area contributed by atoms with Crippen LogP contribution in [0.25, 0.3) is 0 Å². The van der Waals surface area contributed by atoms with Crippen molar-refractivity contribution in [2.75, 3.05) is 26.2 Å². The Hall–Kier alpha value is -1.03. The second-order valence-electron chi connectivity index (χ2n) is 2.60. The predicted molar refractivity (Wildman–Crippen MR) is 39.0 cm³/mol. The number of rotatable bonds is 0. The first kappa shape index (κ1) is 6.67. The van der Waals surface area contributed by atoms with Gasteiger partial charge in [0.2, 0.25) is 0 Å². The highest BCUT2D eigenvalue weighted by Crippen LogP contribution is 2.12. The van der Waals surface area contributed by atoms with Gasteiger partial charge in [-0.3, -0.25) is 4.90 Å². The van der Waals surface area contributed by atoms with Crippen molar-refractivity contribution in [3.8, 4) is 0 Å². The second kappa shape index (κ2) is 2.54. The molecule has 2 aliphatic heterocycles. The number of ether oxygens (including phenoxy) is 1. The van der Waals surface area contributed by atoms with E-state index in [-0.39, 0.29) is 6.09 Å². The fraction of sp³-hybridized carbons (Fsp3) is 0.571. The number of amides is 1. The first-order chi connectivity index (χ1) is 5.38. The molecule has 2 aliphatic rings. The molecule has 0 aliphatic carbocycles. The van der Waals surface area contributed by atoms with E-state index < -0.39 is 0 Å². The van der Waals surface area contributed by atoms with Gasteiger partial charge in [-0.25, -0.2) is 4.79 Å². The number of nitrogens with zero attached hydrogens (tertiary/aromatic N) is 1. The Morgan fingerprint density at radius 1 is 1.64 bits per heavy atom. The maximum atomic E-state index is 11.1. The highest BCUT2D eigenvalue weighted by Gasteiger charge is 2.24. The average Bonchev–Trinajstić information content (AvgIpc) is 2.06. The van der Waals surface area contributed by atoms with Crippen LogP contribution >= 0.6 is 0 Å². The third kappa shape index (κ3) is 1.09. The van der Waals surface area contributed by atoms with E-state index in [1.165, 1.54) is 0 Å². The van der Waals surface area contributed by atoms with Crippen molar-refractivity contribution < 1.29 is 9.53 Å². The molecule has 0 aromatic carbocycles. The molecule has 0 atom stereocenters. The van der Waals surface area contributed by atoms with Crippen LogP contribution in [0.2, 0.25) is 0 Å². The molecule has 4 heteroatoms. The molecule has 0 unspecified atom stereocenters. The van der Waals surface area contributed by atoms with Gasteiger partial charge in [-0.1, -0.05) is 0 Å². The summed E-state index contributed by atoms with van der Waals surface area (Å²) in [5.74, 6) is 0. The fourth-order valence-electron chi connectivity index (χ4n) is 1.32. The van der Waals surface area contributed by atoms with Crippen LogP contribution in [0.1, 0.15) is 0 Å². The Kier molecular flexibility index (Phi) is 1.54. The Balaban J connectivity index is 2.19. The van der Waals surface area contributed by atoms with Gasteiger partial charge in [-0.05, 0) is 6.08 Å². The lowest BCUT2D eigenvalue weighted by atomic mass is 10.2. The molecule has 11 heavy (non-hydrogen) atoms. The Labute approximate surface area is 64.8 Å². The molecule has 0 bridgehead atoms. The molecule has 0 saturated carbocycles. The number of piperazine rings is 1. The van der Waals surface area contributed by atoms with Gasteiger partial charge < -0.3 is 10.1 Å². The molecule has 1 saturated heterocycles. The van der Waals surface area contributed by atoms with Gasteiger partial charge >= 0.3 is 6.09 Å². The van der Waals surface area contributed by atoms with Gasteiger partial charge in [0.25, 0.3) is 0 Å². The highest BCUT2D eigenvalue weighted by atomic mass is 16.6. The van der Waals surface area contributed by atoms with Crippen molar-refractivity contribution in [3.05, 3.63) is 11.8 Å². The predicted octanol–water partition coefficient (Wildman–Crippen LogP) is -0.0743. The standard InChI is InChI=1S/C7H10N2O2/c10-7-9-3-2-8-5-6(9)1-4-11-7/h1,8H,2-5H2. The Morgan fingerprint density at radius 2 is 2.55 bits per heavy atom. The Bertz CT molecular complexity index is 212. The molecule has 4 nitrogen and oxygen atoms in total. The summed E-state index contributed by atoms with van der Waals surface area (Å²) in [6.45, 7) is 2.79. The average molecular weight is 154 g/mol. The maximum absolute atomic E-state index is 11.1. The van der Waals surface area contributed by atoms with E-state index in [0.29, 0.717) is 6.61 Å². The zero-order chi connectivity index (χ0) is 7.68. The summed E-state index contributed by atoms with van der Waals surface area (Å²) >= 11 is 0. The molecule has 2 heterocycles. The molecule has 0 aromatic heterocycles. The van der Waals surface area contributed by atoms with E-state index in [1.54, 1.807) is 4.90 Å². The summed E-state index contributed by atoms with van der Waals surface area (Å²) in [5.41, 5.74) is 1.05. The molecule has 0 aromatic rings. The van der Waals surface area contributed by atoms with Crippen LogP contribution in [-0.4, -0.2) is 37.2 Å². The molecule has 0 radical (unpaired) electrons. The van der Waals surface area contributed by atoms with Crippen molar-refractivity contribution in [3.63, 3.8) is 0 Å². The van der Waals surface area contributed by atoms with E-state index in [9.17, 15) is 4.79 Å². The lowest BCUT2D eigenvalue weighted by Crippen LogP contribution is -2.46. The number of carbonyl (C=O) groups is 1. The normalized spacial score (nSPS) is 23.8. The quantitative estimate of drug-likeness (QED) is 0.531. The van der Waals surface area contributed by atoms with Crippen LogP contribution in [-0.2, 0) is 4.74 Å². The summed E-state index contributed by atoms with van der Waals surface area (Å²) in [6.07, 6.45) is 1.73. The first-order valence-corrected chi connectivity index (χ1v) is 3.72. The zero-order valence-corrected chi connectivity index (χ0v) is 6.17. The minimum atomic E-state index is -0.205. The topological polar surface area (TPSA) is 41.6 Å². The van der Waals surface area contributed by atoms with Gasteiger partial charge in [-0.2, -0.15) is 0 Å². The van der Waals surface area contributed by atoms with Gasteiger partial charge in [-0.15, -0.1) is 0 Å². The van der Waals surface area contributed by atoms with Crippen LogP contribution in [0.3, 0.4) is 0 Å². The smallest absolute Gasteiger partial charge is 0.414 e. The fourth-order valence-corrected chi connectivity index (χ4v) is 1.32. The summed E-state index contributed by atoms with van der Waals surface area (Å²) in [6, 6.07) is 0. The molecule has 1 fully saturated rings. The molecule has 0 spiro atoms. The third-order valence-electron chi connectivity index (χ3n) is 1.91. The minimum Gasteiger partial charge on any atom is -0.445 e. The number of carbonyl (C=O) groups excluding carboxylic acids is 1. The summed E-state index contributed by atoms with van der Waals surface area (Å²) in [5, 5.41) is 3.19. The Morgan fingerprint density at radius 3 is 3.36 bits per heavy atom.